The Hall–Kier alpha value is -2.89. The van der Waals surface area contributed by atoms with E-state index in [1.54, 1.807) is 12.4 Å². The van der Waals surface area contributed by atoms with Crippen LogP contribution in [0.2, 0.25) is 0 Å². The fourth-order valence-electron chi connectivity index (χ4n) is 4.15. The molecule has 3 heterocycles. The quantitative estimate of drug-likeness (QED) is 0.313. The van der Waals surface area contributed by atoms with Crippen molar-refractivity contribution < 1.29 is 48.7 Å². The maximum Gasteiger partial charge on any atom is 1.00 e. The molecule has 168 valence electrons. The molecule has 0 unspecified atom stereocenters. The van der Waals surface area contributed by atoms with Gasteiger partial charge < -0.3 is 11.1 Å². The number of nitrogens with zero attached hydrogens (tertiary/aromatic N) is 5. The van der Waals surface area contributed by atoms with Gasteiger partial charge in [-0.05, 0) is 30.7 Å². The van der Waals surface area contributed by atoms with Crippen molar-refractivity contribution >= 4 is 21.5 Å². The Morgan fingerprint density at radius 3 is 1.79 bits per heavy atom. The van der Waals surface area contributed by atoms with Crippen LogP contribution in [0, 0.1) is 0 Å². The van der Waals surface area contributed by atoms with Crippen LogP contribution in [0.15, 0.2) is 85.7 Å². The van der Waals surface area contributed by atoms with Crippen LogP contribution < -0.4 is 39.2 Å². The molecule has 34 heavy (non-hydrogen) atoms. The summed E-state index contributed by atoms with van der Waals surface area (Å²) in [6, 6.07) is 14.9. The standard InChI is InChI=1S/C23H19N5O4S.Na.H/c29-33(30,31)14-9-23(21-15-24-10-12-26-21,22-16-25-11-13-27-22)28-17-5-1-3-7-19(17)32-20-8-4-2-6-18(20)28;;/h1-8,10-13,15-16H,9,14H2,(H,29,30,31);;/q;+1;-1. The zero-order chi connectivity index (χ0) is 22.9. The number of anilines is 2. The smallest absolute Gasteiger partial charge is 1.00 e. The van der Waals surface area contributed by atoms with Crippen molar-refractivity contribution in [3.8, 4) is 11.5 Å². The predicted molar refractivity (Wildman–Crippen MR) is 122 cm³/mol. The first-order valence-corrected chi connectivity index (χ1v) is 11.7. The van der Waals surface area contributed by atoms with E-state index in [1.165, 1.54) is 24.8 Å². The Morgan fingerprint density at radius 1 is 0.853 bits per heavy atom. The molecule has 0 radical (unpaired) electrons. The molecular weight excluding hydrogens is 465 g/mol. The molecule has 0 bridgehead atoms. The number of para-hydroxylation sites is 4. The maximum absolute atomic E-state index is 12.0. The second-order valence-corrected chi connectivity index (χ2v) is 9.02. The van der Waals surface area contributed by atoms with Gasteiger partial charge in [0.15, 0.2) is 11.5 Å². The van der Waals surface area contributed by atoms with E-state index in [0.29, 0.717) is 34.3 Å². The molecule has 0 spiro atoms. The van der Waals surface area contributed by atoms with Gasteiger partial charge in [0.05, 0.1) is 40.9 Å². The number of fused-ring (bicyclic) bond motifs is 2. The summed E-state index contributed by atoms with van der Waals surface area (Å²) in [5.41, 5.74) is 0.973. The average Bonchev–Trinajstić information content (AvgIpc) is 2.84. The summed E-state index contributed by atoms with van der Waals surface area (Å²) in [5, 5.41) is 0. The van der Waals surface area contributed by atoms with Crippen molar-refractivity contribution in [1.82, 2.24) is 19.9 Å². The summed E-state index contributed by atoms with van der Waals surface area (Å²) in [6.07, 6.45) is 9.20. The van der Waals surface area contributed by atoms with Crippen LogP contribution in [0.3, 0.4) is 0 Å². The van der Waals surface area contributed by atoms with Gasteiger partial charge in [0, 0.05) is 24.8 Å². The minimum atomic E-state index is -4.32. The van der Waals surface area contributed by atoms with E-state index in [0.717, 1.165) is 0 Å². The van der Waals surface area contributed by atoms with Gasteiger partial charge in [0.2, 0.25) is 0 Å². The van der Waals surface area contributed by atoms with Gasteiger partial charge in [-0.25, -0.2) is 0 Å². The first-order chi connectivity index (χ1) is 16.0. The van der Waals surface area contributed by atoms with E-state index in [4.69, 9.17) is 4.74 Å². The first-order valence-electron chi connectivity index (χ1n) is 10.1. The molecule has 2 aromatic heterocycles. The Bertz CT molecular complexity index is 1310. The Balaban J connectivity index is 0.00000171. The number of hydrogen-bond donors (Lipinski definition) is 1. The van der Waals surface area contributed by atoms with E-state index < -0.39 is 21.4 Å². The Kier molecular flexibility index (Phi) is 6.96. The molecular formula is C23H20N5NaO4S. The fraction of sp³-hybridized carbons (Fsp3) is 0.130. The van der Waals surface area contributed by atoms with Crippen LogP contribution in [0.4, 0.5) is 11.4 Å². The fourth-order valence-corrected chi connectivity index (χ4v) is 4.70. The summed E-state index contributed by atoms with van der Waals surface area (Å²) in [6.45, 7) is 0. The van der Waals surface area contributed by atoms with Gasteiger partial charge in [-0.3, -0.25) is 24.5 Å². The second kappa shape index (κ2) is 9.77. The van der Waals surface area contributed by atoms with Crippen LogP contribution >= 0.6 is 0 Å². The van der Waals surface area contributed by atoms with Gasteiger partial charge in [-0.2, -0.15) is 8.42 Å². The Morgan fingerprint density at radius 2 is 1.35 bits per heavy atom. The van der Waals surface area contributed by atoms with Gasteiger partial charge in [-0.1, -0.05) is 24.3 Å². The second-order valence-electron chi connectivity index (χ2n) is 7.45. The minimum absolute atomic E-state index is 0. The molecule has 5 rings (SSSR count). The summed E-state index contributed by atoms with van der Waals surface area (Å²) in [5.74, 6) is 0.627. The van der Waals surface area contributed by atoms with Crippen LogP contribution in [0.5, 0.6) is 11.5 Å². The van der Waals surface area contributed by atoms with Crippen molar-refractivity contribution in [1.29, 1.82) is 0 Å². The third-order valence-corrected chi connectivity index (χ3v) is 6.23. The van der Waals surface area contributed by atoms with Gasteiger partial charge >= 0.3 is 29.6 Å². The largest absolute Gasteiger partial charge is 1.00 e. The predicted octanol–water partition coefficient (Wildman–Crippen LogP) is 0.849. The van der Waals surface area contributed by atoms with Crippen LogP contribution in [-0.4, -0.2) is 38.7 Å². The molecule has 0 saturated heterocycles. The summed E-state index contributed by atoms with van der Waals surface area (Å²) < 4.78 is 39.8. The molecule has 1 aliphatic heterocycles. The number of hydrogen-bond acceptors (Lipinski definition) is 8. The van der Waals surface area contributed by atoms with Gasteiger partial charge in [-0.15, -0.1) is 0 Å². The van der Waals surface area contributed by atoms with E-state index >= 15 is 0 Å². The van der Waals surface area contributed by atoms with Crippen molar-refractivity contribution in [3.05, 3.63) is 97.1 Å². The zero-order valence-corrected chi connectivity index (χ0v) is 21.1. The molecule has 9 nitrogen and oxygen atoms in total. The van der Waals surface area contributed by atoms with E-state index in [2.05, 4.69) is 19.9 Å². The van der Waals surface area contributed by atoms with Crippen LogP contribution in [0.1, 0.15) is 19.2 Å². The normalized spacial score (nSPS) is 12.7. The summed E-state index contributed by atoms with van der Waals surface area (Å²) in [4.78, 5) is 19.6. The Labute approximate surface area is 220 Å². The van der Waals surface area contributed by atoms with Crippen LogP contribution in [-0.2, 0) is 15.7 Å². The van der Waals surface area contributed by atoms with Gasteiger partial charge in [0.25, 0.3) is 10.1 Å². The van der Waals surface area contributed by atoms with Crippen molar-refractivity contribution in [3.63, 3.8) is 0 Å². The monoisotopic (exact) mass is 485 g/mol. The number of rotatable bonds is 6. The third-order valence-electron chi connectivity index (χ3n) is 5.51. The molecule has 4 aromatic rings. The molecule has 1 N–H and O–H groups in total. The first kappa shape index (κ1) is 24.2. The van der Waals surface area contributed by atoms with E-state index in [9.17, 15) is 13.0 Å². The molecule has 11 heteroatoms. The number of benzene rings is 2. The van der Waals surface area contributed by atoms with Crippen molar-refractivity contribution in [2.45, 2.75) is 12.0 Å². The summed E-state index contributed by atoms with van der Waals surface area (Å²) in [7, 11) is -4.32. The third kappa shape index (κ3) is 4.42. The topological polar surface area (TPSA) is 118 Å². The van der Waals surface area contributed by atoms with E-state index in [-0.39, 0.29) is 37.4 Å². The van der Waals surface area contributed by atoms with Gasteiger partial charge in [0.1, 0.15) is 5.54 Å². The van der Waals surface area contributed by atoms with Crippen LogP contribution in [0.25, 0.3) is 0 Å². The molecule has 0 atom stereocenters. The van der Waals surface area contributed by atoms with Crippen molar-refractivity contribution in [2.24, 2.45) is 0 Å². The molecule has 2 aromatic carbocycles. The number of ether oxygens (including phenoxy) is 1. The SMILES string of the molecule is O=S(=O)(O)CCC(c1cnccn1)(c1cnccn1)N1c2ccccc2Oc2ccccc21.[H-].[Na+]. The molecule has 0 fully saturated rings. The molecule has 0 saturated carbocycles. The molecule has 1 aliphatic rings. The minimum Gasteiger partial charge on any atom is -1.00 e. The zero-order valence-electron chi connectivity index (χ0n) is 19.3. The number of aromatic nitrogens is 4. The summed E-state index contributed by atoms with van der Waals surface area (Å²) >= 11 is 0. The average molecular weight is 486 g/mol. The molecule has 0 amide bonds. The van der Waals surface area contributed by atoms with Crippen molar-refractivity contribution in [2.75, 3.05) is 10.7 Å². The van der Waals surface area contributed by atoms with E-state index in [1.807, 2.05) is 53.4 Å². The molecule has 0 aliphatic carbocycles. The maximum atomic E-state index is 12.0.